The Hall–Kier alpha value is -4.92. The summed E-state index contributed by atoms with van der Waals surface area (Å²) < 4.78 is 108. The van der Waals surface area contributed by atoms with Crippen molar-refractivity contribution < 1.29 is 48.0 Å². The van der Waals surface area contributed by atoms with Crippen molar-refractivity contribution in [2.24, 2.45) is 5.73 Å². The van der Waals surface area contributed by atoms with Crippen LogP contribution in [0.2, 0.25) is 0 Å². The molecule has 2 N–H and O–H groups in total. The van der Waals surface area contributed by atoms with Crippen LogP contribution in [-0.4, -0.2) is 164 Å². The summed E-state index contributed by atoms with van der Waals surface area (Å²) in [6.07, 6.45) is 5.22. The summed E-state index contributed by atoms with van der Waals surface area (Å²) in [7, 11) is -12.2. The predicted molar refractivity (Wildman–Crippen MR) is 261 cm³/mol. The van der Waals surface area contributed by atoms with Gasteiger partial charge in [-0.25, -0.2) is 38.5 Å². The molecule has 2 saturated heterocycles. The molecule has 2 aliphatic heterocycles. The smallest absolute Gasteiger partial charge is 0.339 e. The highest BCUT2D eigenvalue weighted by atomic mass is 32.2. The fraction of sp³-hybridized carbons (Fsp3) is 0.455. The molecular weight excluding hydrogens is 959 g/mol. The number of benzene rings is 2. The molecule has 0 radical (unpaired) electrons. The van der Waals surface area contributed by atoms with Gasteiger partial charge in [0.15, 0.2) is 5.78 Å². The van der Waals surface area contributed by atoms with Gasteiger partial charge in [0, 0.05) is 83.4 Å². The molecule has 2 aromatic heterocycles. The third kappa shape index (κ3) is 15.0. The van der Waals surface area contributed by atoms with Gasteiger partial charge in [-0.2, -0.15) is 8.61 Å². The van der Waals surface area contributed by atoms with Crippen LogP contribution in [-0.2, 0) is 71.0 Å². The van der Waals surface area contributed by atoms with E-state index in [1.165, 1.54) is 49.2 Å². The second-order valence-corrected chi connectivity index (χ2v) is 24.5. The molecule has 0 atom stereocenters. The zero-order valence-electron chi connectivity index (χ0n) is 39.0. The van der Waals surface area contributed by atoms with E-state index in [1.54, 1.807) is 62.4 Å². The Morgan fingerprint density at radius 2 is 0.941 bits per heavy atom. The van der Waals surface area contributed by atoms with E-state index >= 15 is 0 Å². The minimum Gasteiger partial charge on any atom is -0.465 e. The average Bonchev–Trinajstić information content (AvgIpc) is 3.33. The molecule has 4 heterocycles. The summed E-state index contributed by atoms with van der Waals surface area (Å²) in [6.45, 7) is 8.82. The Bertz CT molecular complexity index is 2580. The highest BCUT2D eigenvalue weighted by molar-refractivity contribution is 7.93. The first kappa shape index (κ1) is 54.0. The van der Waals surface area contributed by atoms with Crippen LogP contribution in [0, 0.1) is 0 Å². The van der Waals surface area contributed by atoms with Gasteiger partial charge in [-0.05, 0) is 73.5 Å². The number of aromatic nitrogens is 2. The highest BCUT2D eigenvalue weighted by Gasteiger charge is 2.27. The number of hydrogen-bond donors (Lipinski definition) is 1. The largest absolute Gasteiger partial charge is 0.465 e. The summed E-state index contributed by atoms with van der Waals surface area (Å²) in [5, 5.41) is 0. The van der Waals surface area contributed by atoms with E-state index in [1.807, 2.05) is 24.3 Å². The fourth-order valence-corrected chi connectivity index (χ4v) is 11.2. The molecule has 24 heteroatoms. The standard InChI is InChI=1S/C22H31N5O5S2.C22H30N4O6S2/c1-3-34(31,32)27(17-20-7-6-19(15-24-20)22(28)14-23)21-8-4-18(5-9-21)16-25-10-12-26(13-11-25)33(2,29)30;1-4-34(30,31)26(17-20-8-7-19(15-23-20)22(27)32-2)21-9-5-18(6-10-21)16-24-11-13-25(14-12-24)33(3,28)29/h4-9,15H,3,10-14,16-17,23H2,1-2H3;5-10,15H,4,11-14,16-17H2,1-3H3. The molecule has 2 fully saturated rings. The number of esters is 1. The van der Waals surface area contributed by atoms with Crippen LogP contribution in [0.3, 0.4) is 0 Å². The first-order valence-corrected chi connectivity index (χ1v) is 28.7. The molecule has 0 aliphatic carbocycles. The van der Waals surface area contributed by atoms with Crippen LogP contribution in [0.15, 0.2) is 85.2 Å². The first-order valence-electron chi connectivity index (χ1n) is 21.8. The van der Waals surface area contributed by atoms with E-state index in [0.717, 1.165) is 11.1 Å². The number of nitrogens with zero attached hydrogens (tertiary/aromatic N) is 8. The Kier molecular flexibility index (Phi) is 18.7. The van der Waals surface area contributed by atoms with Gasteiger partial charge < -0.3 is 10.5 Å². The third-order valence-electron chi connectivity index (χ3n) is 11.5. The number of sulfonamides is 4. The Labute approximate surface area is 400 Å². The molecule has 2 aliphatic rings. The molecule has 4 aromatic rings. The first-order chi connectivity index (χ1) is 32.1. The number of methoxy groups -OCH3 is 1. The summed E-state index contributed by atoms with van der Waals surface area (Å²) in [5.41, 5.74) is 10.1. The maximum atomic E-state index is 12.8. The zero-order valence-corrected chi connectivity index (χ0v) is 42.2. The zero-order chi connectivity index (χ0) is 49.9. The van der Waals surface area contributed by atoms with Crippen molar-refractivity contribution in [1.82, 2.24) is 28.4 Å². The van der Waals surface area contributed by atoms with Gasteiger partial charge in [0.1, 0.15) is 0 Å². The Morgan fingerprint density at radius 1 is 0.574 bits per heavy atom. The van der Waals surface area contributed by atoms with E-state index in [9.17, 15) is 43.3 Å². The number of ketones is 1. The molecule has 0 unspecified atom stereocenters. The van der Waals surface area contributed by atoms with Crippen LogP contribution in [0.1, 0.15) is 57.1 Å². The molecule has 2 aromatic carbocycles. The molecule has 372 valence electrons. The molecule has 6 rings (SSSR count). The van der Waals surface area contributed by atoms with E-state index in [-0.39, 0.29) is 42.5 Å². The van der Waals surface area contributed by atoms with Gasteiger partial charge in [0.25, 0.3) is 0 Å². The van der Waals surface area contributed by atoms with Gasteiger partial charge in [0.05, 0.1) is 79.1 Å². The number of carbonyl (C=O) groups excluding carboxylic acids is 2. The topological polar surface area (TPSA) is 251 Å². The number of rotatable bonds is 19. The number of Topliss-reactive ketones (excluding diaryl/α,β-unsaturated/α-hetero) is 1. The lowest BCUT2D eigenvalue weighted by atomic mass is 10.1. The van der Waals surface area contributed by atoms with Crippen LogP contribution in [0.5, 0.6) is 0 Å². The Balaban J connectivity index is 0.000000254. The van der Waals surface area contributed by atoms with Crippen molar-refractivity contribution in [3.8, 4) is 0 Å². The molecular formula is C44H61N9O11S4. The van der Waals surface area contributed by atoms with Gasteiger partial charge in [0.2, 0.25) is 40.1 Å². The number of carbonyl (C=O) groups is 2. The van der Waals surface area contributed by atoms with Crippen molar-refractivity contribution in [3.05, 3.63) is 119 Å². The lowest BCUT2D eigenvalue weighted by Crippen LogP contribution is -2.47. The number of pyridine rings is 2. The lowest BCUT2D eigenvalue weighted by Gasteiger charge is -2.33. The van der Waals surface area contributed by atoms with E-state index in [4.69, 9.17) is 5.73 Å². The van der Waals surface area contributed by atoms with Crippen LogP contribution >= 0.6 is 0 Å². The lowest BCUT2D eigenvalue weighted by molar-refractivity contribution is 0.0600. The number of nitrogens with two attached hydrogens (primary N) is 1. The number of piperazine rings is 2. The van der Waals surface area contributed by atoms with Gasteiger partial charge in [-0.1, -0.05) is 24.3 Å². The van der Waals surface area contributed by atoms with Crippen LogP contribution in [0.25, 0.3) is 0 Å². The summed E-state index contributed by atoms with van der Waals surface area (Å²) in [5.74, 6) is -0.876. The predicted octanol–water partition coefficient (Wildman–Crippen LogP) is 1.96. The van der Waals surface area contributed by atoms with Gasteiger partial charge in [-0.3, -0.25) is 33.2 Å². The molecule has 0 amide bonds. The third-order valence-corrected chi connectivity index (χ3v) is 17.5. The molecule has 68 heavy (non-hydrogen) atoms. The molecule has 0 saturated carbocycles. The maximum Gasteiger partial charge on any atom is 0.339 e. The monoisotopic (exact) mass is 1020 g/mol. The maximum absolute atomic E-state index is 12.8. The normalized spacial score (nSPS) is 15.8. The van der Waals surface area contributed by atoms with Crippen LogP contribution in [0.4, 0.5) is 11.4 Å². The van der Waals surface area contributed by atoms with Crippen LogP contribution < -0.4 is 14.3 Å². The summed E-state index contributed by atoms with van der Waals surface area (Å²) in [6, 6.07) is 21.0. The molecule has 0 bridgehead atoms. The second kappa shape index (κ2) is 23.6. The SMILES string of the molecule is CCS(=O)(=O)N(Cc1ccc(C(=O)CN)cn1)c1ccc(CN2CCN(S(C)(=O)=O)CC2)cc1.CCS(=O)(=O)N(Cc1ccc(C(=O)OC)cn1)c1ccc(CN2CCN(S(C)(=O)=O)CC2)cc1. The molecule has 20 nitrogen and oxygen atoms in total. The van der Waals surface area contributed by atoms with Crippen molar-refractivity contribution >= 4 is 63.2 Å². The van der Waals surface area contributed by atoms with Crippen molar-refractivity contribution in [3.63, 3.8) is 0 Å². The molecule has 0 spiro atoms. The van der Waals surface area contributed by atoms with E-state index < -0.39 is 46.1 Å². The quantitative estimate of drug-likeness (QED) is 0.104. The van der Waals surface area contributed by atoms with Crippen molar-refractivity contribution in [2.45, 2.75) is 40.0 Å². The minimum atomic E-state index is -3.57. The van der Waals surface area contributed by atoms with Crippen molar-refractivity contribution in [1.29, 1.82) is 0 Å². The minimum absolute atomic E-state index is 0.0322. The Morgan fingerprint density at radius 3 is 1.24 bits per heavy atom. The fourth-order valence-electron chi connectivity index (χ4n) is 7.35. The van der Waals surface area contributed by atoms with Crippen molar-refractivity contribution in [2.75, 3.05) is 98.6 Å². The van der Waals surface area contributed by atoms with Gasteiger partial charge in [-0.15, -0.1) is 0 Å². The number of anilines is 2. The van der Waals surface area contributed by atoms with E-state index in [0.29, 0.717) is 93.8 Å². The highest BCUT2D eigenvalue weighted by Crippen LogP contribution is 2.25. The summed E-state index contributed by atoms with van der Waals surface area (Å²) in [4.78, 5) is 36.1. The second-order valence-electron chi connectivity index (χ2n) is 16.2. The number of hydrogen-bond acceptors (Lipinski definition) is 16. The average molecular weight is 1020 g/mol. The summed E-state index contributed by atoms with van der Waals surface area (Å²) >= 11 is 0. The van der Waals surface area contributed by atoms with Gasteiger partial charge >= 0.3 is 5.97 Å². The number of ether oxygens (including phenoxy) is 1. The van der Waals surface area contributed by atoms with E-state index in [2.05, 4.69) is 24.5 Å².